The summed E-state index contributed by atoms with van der Waals surface area (Å²) in [6, 6.07) is 6.36. The SMILES string of the molecule is Fc1ccc(NCc2cc(Br)c(Br)o2)c(Br)c1. The summed E-state index contributed by atoms with van der Waals surface area (Å²) in [5, 5.41) is 3.15. The molecule has 0 saturated carbocycles. The van der Waals surface area contributed by atoms with E-state index in [1.54, 1.807) is 6.07 Å². The molecule has 0 aliphatic carbocycles. The van der Waals surface area contributed by atoms with E-state index in [4.69, 9.17) is 4.42 Å². The van der Waals surface area contributed by atoms with Gasteiger partial charge in [0.25, 0.3) is 0 Å². The summed E-state index contributed by atoms with van der Waals surface area (Å²) < 4.78 is 20.5. The van der Waals surface area contributed by atoms with Gasteiger partial charge in [0.15, 0.2) is 4.67 Å². The van der Waals surface area contributed by atoms with E-state index in [0.29, 0.717) is 15.7 Å². The van der Waals surface area contributed by atoms with Crippen LogP contribution in [0.5, 0.6) is 0 Å². The lowest BCUT2D eigenvalue weighted by molar-refractivity contribution is 0.494. The average Bonchev–Trinajstić information content (AvgIpc) is 2.57. The van der Waals surface area contributed by atoms with Crippen molar-refractivity contribution in [1.82, 2.24) is 0 Å². The molecule has 0 radical (unpaired) electrons. The molecule has 0 amide bonds. The molecular formula is C11H7Br3FNO. The maximum Gasteiger partial charge on any atom is 0.183 e. The third-order valence-corrected chi connectivity index (χ3v) is 4.45. The fraction of sp³-hybridized carbons (Fsp3) is 0.0909. The number of halogens is 4. The minimum Gasteiger partial charge on any atom is -0.451 e. The number of hydrogen-bond acceptors (Lipinski definition) is 2. The Labute approximate surface area is 123 Å². The van der Waals surface area contributed by atoms with Gasteiger partial charge in [-0.15, -0.1) is 0 Å². The van der Waals surface area contributed by atoms with Crippen LogP contribution < -0.4 is 5.32 Å². The predicted molar refractivity (Wildman–Crippen MR) is 75.5 cm³/mol. The van der Waals surface area contributed by atoms with Crippen LogP contribution in [0.25, 0.3) is 0 Å². The van der Waals surface area contributed by atoms with Crippen molar-refractivity contribution in [2.75, 3.05) is 5.32 Å². The minimum absolute atomic E-state index is 0.272. The highest BCUT2D eigenvalue weighted by Crippen LogP contribution is 2.28. The second-order valence-electron chi connectivity index (χ2n) is 3.31. The second kappa shape index (κ2) is 5.54. The normalized spacial score (nSPS) is 10.6. The van der Waals surface area contributed by atoms with E-state index < -0.39 is 0 Å². The van der Waals surface area contributed by atoms with Crippen molar-refractivity contribution in [3.63, 3.8) is 0 Å². The number of benzene rings is 1. The molecule has 0 atom stereocenters. The van der Waals surface area contributed by atoms with Crippen LogP contribution in [0.4, 0.5) is 10.1 Å². The van der Waals surface area contributed by atoms with E-state index in [1.165, 1.54) is 12.1 Å². The molecule has 0 aliphatic heterocycles. The fourth-order valence-electron chi connectivity index (χ4n) is 1.29. The Morgan fingerprint density at radius 3 is 2.47 bits per heavy atom. The molecule has 0 fully saturated rings. The molecule has 17 heavy (non-hydrogen) atoms. The van der Waals surface area contributed by atoms with Crippen LogP contribution >= 0.6 is 47.8 Å². The molecule has 2 nitrogen and oxygen atoms in total. The van der Waals surface area contributed by atoms with Crippen LogP contribution in [0.2, 0.25) is 0 Å². The van der Waals surface area contributed by atoms with Gasteiger partial charge >= 0.3 is 0 Å². The van der Waals surface area contributed by atoms with Gasteiger partial charge in [0, 0.05) is 10.2 Å². The lowest BCUT2D eigenvalue weighted by Gasteiger charge is -2.06. The zero-order chi connectivity index (χ0) is 12.4. The zero-order valence-electron chi connectivity index (χ0n) is 8.44. The van der Waals surface area contributed by atoms with E-state index in [-0.39, 0.29) is 5.82 Å². The van der Waals surface area contributed by atoms with Gasteiger partial charge in [-0.2, -0.15) is 0 Å². The lowest BCUT2D eigenvalue weighted by atomic mass is 10.3. The molecular weight excluding hydrogens is 421 g/mol. The largest absolute Gasteiger partial charge is 0.451 e. The first kappa shape index (κ1) is 13.1. The van der Waals surface area contributed by atoms with E-state index in [1.807, 2.05) is 6.07 Å². The molecule has 0 aliphatic rings. The molecule has 0 bridgehead atoms. The van der Waals surface area contributed by atoms with Crippen LogP contribution in [0.15, 0.2) is 42.3 Å². The van der Waals surface area contributed by atoms with Crippen molar-refractivity contribution in [3.05, 3.63) is 49.5 Å². The quantitative estimate of drug-likeness (QED) is 0.717. The summed E-state index contributed by atoms with van der Waals surface area (Å²) in [5.41, 5.74) is 0.815. The Balaban J connectivity index is 2.07. The summed E-state index contributed by atoms with van der Waals surface area (Å²) >= 11 is 9.89. The summed E-state index contributed by atoms with van der Waals surface area (Å²) in [4.78, 5) is 0. The summed E-state index contributed by atoms with van der Waals surface area (Å²) in [5.74, 6) is 0.505. The Morgan fingerprint density at radius 1 is 1.12 bits per heavy atom. The van der Waals surface area contributed by atoms with Crippen molar-refractivity contribution in [2.24, 2.45) is 0 Å². The maximum absolute atomic E-state index is 12.9. The molecule has 0 saturated heterocycles. The zero-order valence-corrected chi connectivity index (χ0v) is 13.2. The monoisotopic (exact) mass is 425 g/mol. The first-order valence-electron chi connectivity index (χ1n) is 4.69. The summed E-state index contributed by atoms with van der Waals surface area (Å²) in [6.45, 7) is 0.522. The van der Waals surface area contributed by atoms with Gasteiger partial charge in [-0.25, -0.2) is 4.39 Å². The van der Waals surface area contributed by atoms with Crippen molar-refractivity contribution >= 4 is 53.5 Å². The molecule has 0 spiro atoms. The van der Waals surface area contributed by atoms with Gasteiger partial charge in [0.1, 0.15) is 11.6 Å². The highest BCUT2D eigenvalue weighted by atomic mass is 79.9. The van der Waals surface area contributed by atoms with Gasteiger partial charge in [-0.1, -0.05) is 0 Å². The maximum atomic E-state index is 12.9. The molecule has 1 N–H and O–H groups in total. The number of furan rings is 1. The summed E-state index contributed by atoms with van der Waals surface area (Å²) in [7, 11) is 0. The Kier molecular flexibility index (Phi) is 4.27. The van der Waals surface area contributed by atoms with Crippen LogP contribution in [0.3, 0.4) is 0 Å². The van der Waals surface area contributed by atoms with Crippen LogP contribution in [0, 0.1) is 5.82 Å². The number of hydrogen-bond donors (Lipinski definition) is 1. The smallest absolute Gasteiger partial charge is 0.183 e. The highest BCUT2D eigenvalue weighted by Gasteiger charge is 2.07. The number of anilines is 1. The first-order chi connectivity index (χ1) is 8.06. The fourth-order valence-corrected chi connectivity index (χ4v) is 2.44. The van der Waals surface area contributed by atoms with Crippen molar-refractivity contribution in [2.45, 2.75) is 6.54 Å². The highest BCUT2D eigenvalue weighted by molar-refractivity contribution is 9.13. The molecule has 1 aromatic carbocycles. The van der Waals surface area contributed by atoms with Gasteiger partial charge in [0.2, 0.25) is 0 Å². The van der Waals surface area contributed by atoms with E-state index in [9.17, 15) is 4.39 Å². The van der Waals surface area contributed by atoms with E-state index in [0.717, 1.165) is 15.9 Å². The lowest BCUT2D eigenvalue weighted by Crippen LogP contribution is -1.98. The molecule has 1 aromatic heterocycles. The van der Waals surface area contributed by atoms with Crippen LogP contribution in [-0.2, 0) is 6.54 Å². The van der Waals surface area contributed by atoms with Crippen molar-refractivity contribution in [3.8, 4) is 0 Å². The van der Waals surface area contributed by atoms with Gasteiger partial charge in [-0.3, -0.25) is 0 Å². The van der Waals surface area contributed by atoms with Gasteiger partial charge in [-0.05, 0) is 72.1 Å². The molecule has 2 aromatic rings. The minimum atomic E-state index is -0.272. The molecule has 1 heterocycles. The Bertz CT molecular complexity index is 522. The molecule has 0 unspecified atom stereocenters. The topological polar surface area (TPSA) is 25.2 Å². The van der Waals surface area contributed by atoms with Crippen LogP contribution in [0.1, 0.15) is 5.76 Å². The molecule has 6 heteroatoms. The standard InChI is InChI=1S/C11H7Br3FNO/c12-8-3-6(15)1-2-10(8)16-5-7-4-9(13)11(14)17-7/h1-4,16H,5H2. The Hall–Kier alpha value is -0.330. The third-order valence-electron chi connectivity index (χ3n) is 2.08. The second-order valence-corrected chi connectivity index (χ2v) is 5.74. The van der Waals surface area contributed by atoms with Gasteiger partial charge < -0.3 is 9.73 Å². The first-order valence-corrected chi connectivity index (χ1v) is 7.07. The van der Waals surface area contributed by atoms with E-state index in [2.05, 4.69) is 53.1 Å². The number of nitrogens with one attached hydrogen (secondary N) is 1. The number of rotatable bonds is 3. The van der Waals surface area contributed by atoms with E-state index >= 15 is 0 Å². The predicted octanol–water partition coefficient (Wildman–Crippen LogP) is 5.32. The third kappa shape index (κ3) is 3.33. The van der Waals surface area contributed by atoms with Gasteiger partial charge in [0.05, 0.1) is 11.0 Å². The molecule has 90 valence electrons. The summed E-state index contributed by atoms with van der Waals surface area (Å²) in [6.07, 6.45) is 0. The van der Waals surface area contributed by atoms with Crippen molar-refractivity contribution < 1.29 is 8.81 Å². The average molecular weight is 428 g/mol. The Morgan fingerprint density at radius 2 is 1.88 bits per heavy atom. The van der Waals surface area contributed by atoms with Crippen molar-refractivity contribution in [1.29, 1.82) is 0 Å². The van der Waals surface area contributed by atoms with Crippen LogP contribution in [-0.4, -0.2) is 0 Å². The molecule has 2 rings (SSSR count).